The van der Waals surface area contributed by atoms with Gasteiger partial charge in [-0.05, 0) is 24.0 Å². The standard InChI is InChI=1S/2C17H15.C3H6.2ClH.Zr/c2*1-2-13-11-15-9-6-10-16(17(15)12-13)14-7-4-3-5-8-14;1-3-2;;;/h2*3-12H,2H2,1H3;1-3H2;2*1H;/q2*-1;-2;;;+2/p-2. The number of hydrogen-bond donors (Lipinski definition) is 0. The molecule has 206 valence electrons. The van der Waals surface area contributed by atoms with Crippen LogP contribution in [0.2, 0.25) is 0 Å². The van der Waals surface area contributed by atoms with Gasteiger partial charge < -0.3 is 45.1 Å². The van der Waals surface area contributed by atoms with Crippen molar-refractivity contribution in [3.8, 4) is 22.3 Å². The number of hydrogen-bond acceptors (Lipinski definition) is 0. The Labute approximate surface area is 272 Å². The molecule has 6 aromatic carbocycles. The third-order valence-electron chi connectivity index (χ3n) is 6.61. The van der Waals surface area contributed by atoms with Gasteiger partial charge in [0, 0.05) is 0 Å². The van der Waals surface area contributed by atoms with Crippen LogP contribution in [-0.2, 0) is 39.0 Å². The SMILES string of the molecule is CCc1cc2c(-c3ccccc3)cccc2[cH-]1.CCc1cc2c(-c3ccccc3)cccc2[cH-]1.[CH2-]C[CH2-].[Cl-].[Cl-].[Zr+2]. The smallest absolute Gasteiger partial charge is 1.00 e. The van der Waals surface area contributed by atoms with E-state index in [0.717, 1.165) is 19.3 Å². The van der Waals surface area contributed by atoms with Gasteiger partial charge in [-0.15, -0.1) is 69.1 Å². The van der Waals surface area contributed by atoms with Gasteiger partial charge in [0.05, 0.1) is 0 Å². The first-order valence-electron chi connectivity index (χ1n) is 13.2. The maximum Gasteiger partial charge on any atom is 2.00 e. The number of fused-ring (bicyclic) bond motifs is 2. The van der Waals surface area contributed by atoms with Gasteiger partial charge in [-0.25, -0.2) is 0 Å². The maximum atomic E-state index is 3.38. The van der Waals surface area contributed by atoms with E-state index in [1.807, 2.05) is 0 Å². The van der Waals surface area contributed by atoms with Crippen LogP contribution in [0.3, 0.4) is 0 Å². The predicted molar refractivity (Wildman–Crippen MR) is 164 cm³/mol. The fourth-order valence-electron chi connectivity index (χ4n) is 4.74. The van der Waals surface area contributed by atoms with Crippen LogP contribution in [0.5, 0.6) is 0 Å². The second-order valence-electron chi connectivity index (χ2n) is 9.14. The summed E-state index contributed by atoms with van der Waals surface area (Å²) in [6.45, 7) is 11.2. The molecule has 0 spiro atoms. The van der Waals surface area contributed by atoms with Crippen molar-refractivity contribution < 1.29 is 51.0 Å². The molecule has 0 aliphatic heterocycles. The van der Waals surface area contributed by atoms with Crippen LogP contribution in [0.25, 0.3) is 43.8 Å². The average Bonchev–Trinajstić information content (AvgIpc) is 3.58. The molecule has 0 aliphatic rings. The third-order valence-corrected chi connectivity index (χ3v) is 6.61. The van der Waals surface area contributed by atoms with Crippen LogP contribution in [0.1, 0.15) is 31.4 Å². The maximum absolute atomic E-state index is 3.38. The Balaban J connectivity index is 0.000000341. The molecular weight excluding hydrogens is 607 g/mol. The monoisotopic (exact) mass is 640 g/mol. The van der Waals surface area contributed by atoms with E-state index >= 15 is 0 Å². The van der Waals surface area contributed by atoms with Gasteiger partial charge in [0.25, 0.3) is 0 Å². The fraction of sp³-hybridized carbons (Fsp3) is 0.135. The molecule has 0 fully saturated rings. The molecule has 40 heavy (non-hydrogen) atoms. The van der Waals surface area contributed by atoms with E-state index in [9.17, 15) is 0 Å². The molecule has 0 bridgehead atoms. The number of benzene rings is 4. The molecule has 3 heteroatoms. The largest absolute Gasteiger partial charge is 2.00 e. The molecule has 0 heterocycles. The first-order chi connectivity index (χ1) is 18.2. The zero-order valence-corrected chi connectivity index (χ0v) is 27.3. The minimum absolute atomic E-state index is 0. The van der Waals surface area contributed by atoms with Crippen molar-refractivity contribution in [3.63, 3.8) is 0 Å². The molecule has 0 saturated heterocycles. The summed E-state index contributed by atoms with van der Waals surface area (Å²) in [5.74, 6) is 0. The Morgan fingerprint density at radius 3 is 1.20 bits per heavy atom. The van der Waals surface area contributed by atoms with Crippen LogP contribution in [0.4, 0.5) is 0 Å². The zero-order valence-electron chi connectivity index (χ0n) is 23.3. The quantitative estimate of drug-likeness (QED) is 0.246. The van der Waals surface area contributed by atoms with Gasteiger partial charge in [0.2, 0.25) is 0 Å². The molecule has 0 aromatic heterocycles. The fourth-order valence-corrected chi connectivity index (χ4v) is 4.74. The Hall–Kier alpha value is -2.44. The van der Waals surface area contributed by atoms with Gasteiger partial charge in [-0.1, -0.05) is 97.8 Å². The summed E-state index contributed by atoms with van der Waals surface area (Å²) in [7, 11) is 0. The average molecular weight is 643 g/mol. The normalized spacial score (nSPS) is 9.70. The van der Waals surface area contributed by atoms with E-state index in [0.29, 0.717) is 0 Å². The van der Waals surface area contributed by atoms with Crippen LogP contribution >= 0.6 is 0 Å². The molecule has 0 radical (unpaired) electrons. The summed E-state index contributed by atoms with van der Waals surface area (Å²) in [6, 6.07) is 43.5. The van der Waals surface area contributed by atoms with E-state index in [4.69, 9.17) is 0 Å². The summed E-state index contributed by atoms with van der Waals surface area (Å²) in [5, 5.41) is 5.44. The van der Waals surface area contributed by atoms with E-state index in [2.05, 4.69) is 149 Å². The van der Waals surface area contributed by atoms with Gasteiger partial charge in [0.15, 0.2) is 0 Å². The molecule has 0 aliphatic carbocycles. The first kappa shape index (κ1) is 35.6. The second-order valence-corrected chi connectivity index (χ2v) is 9.14. The van der Waals surface area contributed by atoms with E-state index in [1.54, 1.807) is 0 Å². The van der Waals surface area contributed by atoms with Crippen molar-refractivity contribution in [2.24, 2.45) is 0 Å². The Morgan fingerprint density at radius 2 is 0.875 bits per heavy atom. The summed E-state index contributed by atoms with van der Waals surface area (Å²) in [6.07, 6.45) is 2.95. The molecule has 6 rings (SSSR count). The third kappa shape index (κ3) is 8.78. The molecule has 0 saturated carbocycles. The Bertz CT molecular complexity index is 1410. The van der Waals surface area contributed by atoms with E-state index < -0.39 is 0 Å². The molecule has 0 unspecified atom stereocenters. The Kier molecular flexibility index (Phi) is 16.1. The van der Waals surface area contributed by atoms with Gasteiger partial charge in [0.1, 0.15) is 0 Å². The van der Waals surface area contributed by atoms with Gasteiger partial charge >= 0.3 is 26.2 Å². The van der Waals surface area contributed by atoms with Crippen molar-refractivity contribution >= 4 is 21.5 Å². The predicted octanol–water partition coefficient (Wildman–Crippen LogP) is 4.63. The first-order valence-corrected chi connectivity index (χ1v) is 13.2. The summed E-state index contributed by atoms with van der Waals surface area (Å²) >= 11 is 0. The summed E-state index contributed by atoms with van der Waals surface area (Å²) in [5.41, 5.74) is 8.11. The number of rotatable bonds is 4. The Morgan fingerprint density at radius 1 is 0.525 bits per heavy atom. The molecular formula is C37H36Cl2Zr-4. The van der Waals surface area contributed by atoms with Crippen molar-refractivity contribution in [1.29, 1.82) is 0 Å². The van der Waals surface area contributed by atoms with Gasteiger partial charge in [-0.2, -0.15) is 12.1 Å². The minimum atomic E-state index is 0. The molecule has 0 N–H and O–H groups in total. The number of aryl methyl sites for hydroxylation is 2. The molecule has 0 nitrogen and oxygen atoms in total. The van der Waals surface area contributed by atoms with Crippen molar-refractivity contribution in [2.45, 2.75) is 33.1 Å². The van der Waals surface area contributed by atoms with E-state index in [1.165, 1.54) is 54.9 Å². The van der Waals surface area contributed by atoms with Crippen LogP contribution in [0, 0.1) is 13.8 Å². The molecule has 0 atom stereocenters. The summed E-state index contributed by atoms with van der Waals surface area (Å²) < 4.78 is 0. The minimum Gasteiger partial charge on any atom is -1.00 e. The van der Waals surface area contributed by atoms with E-state index in [-0.39, 0.29) is 51.0 Å². The van der Waals surface area contributed by atoms with Gasteiger partial charge in [-0.3, -0.25) is 0 Å². The number of halogens is 2. The van der Waals surface area contributed by atoms with Crippen LogP contribution in [0.15, 0.2) is 121 Å². The summed E-state index contributed by atoms with van der Waals surface area (Å²) in [4.78, 5) is 0. The molecule has 0 amide bonds. The topological polar surface area (TPSA) is 0 Å². The second kappa shape index (κ2) is 18.1. The van der Waals surface area contributed by atoms with Crippen molar-refractivity contribution in [2.75, 3.05) is 0 Å². The van der Waals surface area contributed by atoms with Crippen LogP contribution in [-0.4, -0.2) is 0 Å². The van der Waals surface area contributed by atoms with Crippen molar-refractivity contribution in [1.82, 2.24) is 0 Å². The van der Waals surface area contributed by atoms with Crippen LogP contribution < -0.4 is 24.8 Å². The molecule has 6 aromatic rings. The zero-order chi connectivity index (χ0) is 26.0. The van der Waals surface area contributed by atoms with Crippen molar-refractivity contribution in [3.05, 3.63) is 146 Å².